The Hall–Kier alpha value is -2.24. The van der Waals surface area contributed by atoms with Crippen LogP contribution >= 0.6 is 0 Å². The van der Waals surface area contributed by atoms with E-state index in [1.807, 2.05) is 13.8 Å². The summed E-state index contributed by atoms with van der Waals surface area (Å²) < 4.78 is 5.26. The first-order chi connectivity index (χ1) is 9.49. The van der Waals surface area contributed by atoms with Crippen LogP contribution < -0.4 is 15.8 Å². The van der Waals surface area contributed by atoms with Gasteiger partial charge in [-0.25, -0.2) is 4.79 Å². The second kappa shape index (κ2) is 7.37. The lowest BCUT2D eigenvalue weighted by Crippen LogP contribution is -2.37. The largest absolute Gasteiger partial charge is 0.483 e. The molecule has 0 atom stereocenters. The Kier molecular flexibility index (Phi) is 5.83. The lowest BCUT2D eigenvalue weighted by molar-refractivity contribution is -0.123. The van der Waals surface area contributed by atoms with Crippen molar-refractivity contribution in [2.45, 2.75) is 32.7 Å². The first kappa shape index (κ1) is 15.8. The summed E-state index contributed by atoms with van der Waals surface area (Å²) in [7, 11) is 0. The number of carbonyl (C=O) groups is 2. The van der Waals surface area contributed by atoms with E-state index in [0.717, 1.165) is 12.8 Å². The van der Waals surface area contributed by atoms with Gasteiger partial charge < -0.3 is 20.9 Å². The lowest BCUT2D eigenvalue weighted by atomic mass is 10.1. The van der Waals surface area contributed by atoms with E-state index in [-0.39, 0.29) is 35.6 Å². The number of carboxylic acids is 1. The fourth-order valence-corrected chi connectivity index (χ4v) is 1.80. The molecule has 0 aliphatic heterocycles. The van der Waals surface area contributed by atoms with Gasteiger partial charge in [0.1, 0.15) is 11.3 Å². The Morgan fingerprint density at radius 3 is 2.55 bits per heavy atom. The van der Waals surface area contributed by atoms with Gasteiger partial charge in [-0.05, 0) is 25.0 Å². The van der Waals surface area contributed by atoms with Gasteiger partial charge in [0.05, 0.1) is 0 Å². The van der Waals surface area contributed by atoms with Crippen LogP contribution in [0.25, 0.3) is 0 Å². The number of amides is 1. The van der Waals surface area contributed by atoms with Crippen molar-refractivity contribution in [1.29, 1.82) is 0 Å². The standard InChI is InChI=1S/C14H20N2O4/c1-3-9(4-2)16-12(17)8-20-11-7-5-6-10(15)13(11)14(18)19/h5-7,9H,3-4,8,15H2,1-2H3,(H,16,17)(H,18,19). The van der Waals surface area contributed by atoms with Crippen LogP contribution in [-0.4, -0.2) is 29.6 Å². The maximum atomic E-state index is 11.7. The summed E-state index contributed by atoms with van der Waals surface area (Å²) in [5.41, 5.74) is 5.58. The number of aromatic carboxylic acids is 1. The number of nitrogens with one attached hydrogen (secondary N) is 1. The molecule has 1 amide bonds. The van der Waals surface area contributed by atoms with Crippen LogP contribution in [-0.2, 0) is 4.79 Å². The first-order valence-corrected chi connectivity index (χ1v) is 6.53. The van der Waals surface area contributed by atoms with E-state index in [0.29, 0.717) is 0 Å². The second-order valence-corrected chi connectivity index (χ2v) is 4.40. The van der Waals surface area contributed by atoms with Crippen LogP contribution in [0.1, 0.15) is 37.0 Å². The van der Waals surface area contributed by atoms with Crippen LogP contribution in [0, 0.1) is 0 Å². The molecule has 0 bridgehead atoms. The van der Waals surface area contributed by atoms with Gasteiger partial charge >= 0.3 is 5.97 Å². The summed E-state index contributed by atoms with van der Waals surface area (Å²) in [5, 5.41) is 11.9. The zero-order valence-electron chi connectivity index (χ0n) is 11.7. The topological polar surface area (TPSA) is 102 Å². The molecule has 0 fully saturated rings. The number of hydrogen-bond donors (Lipinski definition) is 3. The van der Waals surface area contributed by atoms with E-state index in [1.165, 1.54) is 12.1 Å². The van der Waals surface area contributed by atoms with Gasteiger partial charge in [0, 0.05) is 11.7 Å². The normalized spacial score (nSPS) is 10.3. The van der Waals surface area contributed by atoms with Crippen LogP contribution in [0.4, 0.5) is 5.69 Å². The Morgan fingerprint density at radius 2 is 2.00 bits per heavy atom. The van der Waals surface area contributed by atoms with Crippen molar-refractivity contribution in [3.8, 4) is 5.75 Å². The molecule has 0 spiro atoms. The molecule has 0 heterocycles. The zero-order chi connectivity index (χ0) is 15.1. The van der Waals surface area contributed by atoms with E-state index in [4.69, 9.17) is 15.6 Å². The molecular formula is C14H20N2O4. The number of nitrogens with two attached hydrogens (primary N) is 1. The average molecular weight is 280 g/mol. The summed E-state index contributed by atoms with van der Waals surface area (Å²) in [5.74, 6) is -1.37. The monoisotopic (exact) mass is 280 g/mol. The summed E-state index contributed by atoms with van der Waals surface area (Å²) in [6.07, 6.45) is 1.67. The second-order valence-electron chi connectivity index (χ2n) is 4.40. The average Bonchev–Trinajstić information content (AvgIpc) is 2.42. The summed E-state index contributed by atoms with van der Waals surface area (Å²) >= 11 is 0. The molecule has 0 unspecified atom stereocenters. The number of nitrogen functional groups attached to an aromatic ring is 1. The van der Waals surface area contributed by atoms with E-state index < -0.39 is 5.97 Å². The van der Waals surface area contributed by atoms with Crippen molar-refractivity contribution in [1.82, 2.24) is 5.32 Å². The SMILES string of the molecule is CCC(CC)NC(=O)COc1cccc(N)c1C(=O)O. The summed E-state index contributed by atoms with van der Waals surface area (Å²) in [6, 6.07) is 4.63. The molecule has 20 heavy (non-hydrogen) atoms. The Balaban J connectivity index is 2.69. The number of rotatable bonds is 7. The van der Waals surface area contributed by atoms with Crippen LogP contribution in [0.2, 0.25) is 0 Å². The van der Waals surface area contributed by atoms with Crippen molar-refractivity contribution in [2.75, 3.05) is 12.3 Å². The highest BCUT2D eigenvalue weighted by Gasteiger charge is 2.16. The van der Waals surface area contributed by atoms with Gasteiger partial charge in [-0.15, -0.1) is 0 Å². The third kappa shape index (κ3) is 4.15. The molecule has 0 aliphatic carbocycles. The third-order valence-corrected chi connectivity index (χ3v) is 2.98. The van der Waals surface area contributed by atoms with E-state index in [9.17, 15) is 9.59 Å². The fraction of sp³-hybridized carbons (Fsp3) is 0.429. The number of carboxylic acid groups (broad SMARTS) is 1. The number of benzene rings is 1. The molecule has 0 aromatic heterocycles. The molecule has 0 radical (unpaired) electrons. The molecule has 4 N–H and O–H groups in total. The fourth-order valence-electron chi connectivity index (χ4n) is 1.80. The molecule has 0 aliphatic rings. The van der Waals surface area contributed by atoms with Crippen molar-refractivity contribution >= 4 is 17.6 Å². The van der Waals surface area contributed by atoms with Crippen molar-refractivity contribution < 1.29 is 19.4 Å². The molecule has 6 heteroatoms. The summed E-state index contributed by atoms with van der Waals surface area (Å²) in [4.78, 5) is 22.8. The van der Waals surface area contributed by atoms with Crippen LogP contribution in [0.15, 0.2) is 18.2 Å². The van der Waals surface area contributed by atoms with Gasteiger partial charge in [0.2, 0.25) is 0 Å². The van der Waals surface area contributed by atoms with Gasteiger partial charge in [-0.2, -0.15) is 0 Å². The van der Waals surface area contributed by atoms with Gasteiger partial charge in [-0.1, -0.05) is 19.9 Å². The van der Waals surface area contributed by atoms with Gasteiger partial charge in [0.25, 0.3) is 5.91 Å². The molecule has 0 saturated heterocycles. The minimum Gasteiger partial charge on any atom is -0.483 e. The maximum Gasteiger partial charge on any atom is 0.341 e. The number of ether oxygens (including phenoxy) is 1. The third-order valence-electron chi connectivity index (χ3n) is 2.98. The van der Waals surface area contributed by atoms with Gasteiger partial charge in [0.15, 0.2) is 6.61 Å². The van der Waals surface area contributed by atoms with Gasteiger partial charge in [-0.3, -0.25) is 4.79 Å². The highest BCUT2D eigenvalue weighted by molar-refractivity contribution is 5.96. The maximum absolute atomic E-state index is 11.7. The molecule has 1 rings (SSSR count). The Morgan fingerprint density at radius 1 is 1.35 bits per heavy atom. The molecule has 110 valence electrons. The number of anilines is 1. The predicted octanol–water partition coefficient (Wildman–Crippen LogP) is 1.65. The first-order valence-electron chi connectivity index (χ1n) is 6.53. The lowest BCUT2D eigenvalue weighted by Gasteiger charge is -2.15. The molecule has 0 saturated carbocycles. The van der Waals surface area contributed by atoms with E-state index in [2.05, 4.69) is 5.32 Å². The number of carbonyl (C=O) groups excluding carboxylic acids is 1. The Bertz CT molecular complexity index is 484. The highest BCUT2D eigenvalue weighted by Crippen LogP contribution is 2.24. The highest BCUT2D eigenvalue weighted by atomic mass is 16.5. The predicted molar refractivity (Wildman–Crippen MR) is 75.8 cm³/mol. The molecule has 6 nitrogen and oxygen atoms in total. The minimum atomic E-state index is -1.18. The summed E-state index contributed by atoms with van der Waals surface area (Å²) in [6.45, 7) is 3.73. The number of hydrogen-bond acceptors (Lipinski definition) is 4. The van der Waals surface area contributed by atoms with E-state index >= 15 is 0 Å². The minimum absolute atomic E-state index is 0.0946. The molecule has 1 aromatic rings. The quantitative estimate of drug-likeness (QED) is 0.659. The van der Waals surface area contributed by atoms with Crippen LogP contribution in [0.5, 0.6) is 5.75 Å². The molecule has 1 aromatic carbocycles. The smallest absolute Gasteiger partial charge is 0.341 e. The van der Waals surface area contributed by atoms with E-state index in [1.54, 1.807) is 6.07 Å². The Labute approximate surface area is 117 Å². The van der Waals surface area contributed by atoms with Crippen LogP contribution in [0.3, 0.4) is 0 Å². The van der Waals surface area contributed by atoms with Crippen molar-refractivity contribution in [2.24, 2.45) is 0 Å². The molecular weight excluding hydrogens is 260 g/mol. The van der Waals surface area contributed by atoms with Crippen molar-refractivity contribution in [3.05, 3.63) is 23.8 Å². The van der Waals surface area contributed by atoms with Crippen molar-refractivity contribution in [3.63, 3.8) is 0 Å². The zero-order valence-corrected chi connectivity index (χ0v) is 11.7.